The Morgan fingerprint density at radius 3 is 2.74 bits per heavy atom. The van der Waals surface area contributed by atoms with Gasteiger partial charge in [0.25, 0.3) is 0 Å². The maximum atomic E-state index is 8.90. The number of aryl methyl sites for hydroxylation is 1. The molecule has 1 N–H and O–H groups in total. The molecular weight excluding hydrogens is 332 g/mol. The van der Waals surface area contributed by atoms with Gasteiger partial charge in [-0.2, -0.15) is 5.26 Å². The molecule has 0 bridgehead atoms. The van der Waals surface area contributed by atoms with Crippen molar-refractivity contribution in [3.8, 4) is 6.07 Å². The van der Waals surface area contributed by atoms with E-state index in [0.29, 0.717) is 12.5 Å². The molecule has 0 amide bonds. The lowest BCUT2D eigenvalue weighted by Crippen LogP contribution is -2.31. The summed E-state index contributed by atoms with van der Waals surface area (Å²) in [6, 6.07) is 22.0. The lowest BCUT2D eigenvalue weighted by atomic mass is 10.1. The largest absolute Gasteiger partial charge is 0.346 e. The SMILES string of the molecule is N#CCCn1cc(CNC2CCN(Cc3ccccc3)C2)c2ccccc21. The van der Waals surface area contributed by atoms with Crippen LogP contribution in [0, 0.1) is 11.3 Å². The van der Waals surface area contributed by atoms with Crippen molar-refractivity contribution in [3.63, 3.8) is 0 Å². The number of nitriles is 1. The third-order valence-electron chi connectivity index (χ3n) is 5.44. The van der Waals surface area contributed by atoms with Crippen LogP contribution in [0.4, 0.5) is 0 Å². The molecule has 1 atom stereocenters. The molecule has 1 aliphatic heterocycles. The zero-order chi connectivity index (χ0) is 18.5. The molecule has 4 nitrogen and oxygen atoms in total. The van der Waals surface area contributed by atoms with E-state index in [0.717, 1.165) is 32.7 Å². The van der Waals surface area contributed by atoms with Gasteiger partial charge in [0, 0.05) is 55.9 Å². The number of likely N-dealkylation sites (tertiary alicyclic amines) is 1. The number of hydrogen-bond acceptors (Lipinski definition) is 3. The van der Waals surface area contributed by atoms with Crippen LogP contribution in [0.25, 0.3) is 10.9 Å². The smallest absolute Gasteiger partial charge is 0.0640 e. The molecular formula is C23H26N4. The average Bonchev–Trinajstić information content (AvgIpc) is 3.30. The second-order valence-electron chi connectivity index (χ2n) is 7.36. The van der Waals surface area contributed by atoms with Crippen molar-refractivity contribution in [1.29, 1.82) is 5.26 Å². The third-order valence-corrected chi connectivity index (χ3v) is 5.44. The Balaban J connectivity index is 1.37. The Bertz CT molecular complexity index is 922. The zero-order valence-electron chi connectivity index (χ0n) is 15.6. The first-order valence-electron chi connectivity index (χ1n) is 9.77. The Labute approximate surface area is 161 Å². The van der Waals surface area contributed by atoms with Gasteiger partial charge in [0.15, 0.2) is 0 Å². The van der Waals surface area contributed by atoms with E-state index < -0.39 is 0 Å². The van der Waals surface area contributed by atoms with Crippen LogP contribution in [-0.4, -0.2) is 28.6 Å². The van der Waals surface area contributed by atoms with E-state index >= 15 is 0 Å². The predicted molar refractivity (Wildman–Crippen MR) is 109 cm³/mol. The number of fused-ring (bicyclic) bond motifs is 1. The van der Waals surface area contributed by atoms with E-state index in [4.69, 9.17) is 5.26 Å². The second-order valence-corrected chi connectivity index (χ2v) is 7.36. The minimum atomic E-state index is 0.537. The van der Waals surface area contributed by atoms with Crippen molar-refractivity contribution < 1.29 is 0 Å². The maximum absolute atomic E-state index is 8.90. The lowest BCUT2D eigenvalue weighted by molar-refractivity contribution is 0.320. The van der Waals surface area contributed by atoms with Crippen molar-refractivity contribution in [2.75, 3.05) is 13.1 Å². The van der Waals surface area contributed by atoms with Crippen LogP contribution in [0.5, 0.6) is 0 Å². The van der Waals surface area contributed by atoms with Crippen LogP contribution in [0.15, 0.2) is 60.8 Å². The summed E-state index contributed by atoms with van der Waals surface area (Å²) < 4.78 is 2.21. The molecule has 0 radical (unpaired) electrons. The monoisotopic (exact) mass is 358 g/mol. The highest BCUT2D eigenvalue weighted by molar-refractivity contribution is 5.83. The molecule has 27 heavy (non-hydrogen) atoms. The van der Waals surface area contributed by atoms with Gasteiger partial charge in [-0.25, -0.2) is 0 Å². The number of para-hydroxylation sites is 1. The summed E-state index contributed by atoms with van der Waals surface area (Å²) in [5, 5.41) is 14.0. The molecule has 2 heterocycles. The van der Waals surface area contributed by atoms with E-state index in [1.807, 2.05) is 0 Å². The van der Waals surface area contributed by atoms with E-state index in [2.05, 4.69) is 81.6 Å². The highest BCUT2D eigenvalue weighted by Gasteiger charge is 2.22. The summed E-state index contributed by atoms with van der Waals surface area (Å²) in [6.45, 7) is 4.92. The number of rotatable bonds is 7. The Kier molecular flexibility index (Phi) is 5.53. The number of nitrogens with one attached hydrogen (secondary N) is 1. The van der Waals surface area contributed by atoms with E-state index in [-0.39, 0.29) is 0 Å². The molecule has 0 saturated carbocycles. The van der Waals surface area contributed by atoms with Crippen LogP contribution in [0.1, 0.15) is 24.0 Å². The first-order valence-corrected chi connectivity index (χ1v) is 9.77. The topological polar surface area (TPSA) is 44.0 Å². The van der Waals surface area contributed by atoms with Crippen LogP contribution in [0.3, 0.4) is 0 Å². The van der Waals surface area contributed by atoms with Crippen molar-refractivity contribution >= 4 is 10.9 Å². The summed E-state index contributed by atoms with van der Waals surface area (Å²) in [6.07, 6.45) is 3.95. The molecule has 2 aromatic carbocycles. The molecule has 0 spiro atoms. The lowest BCUT2D eigenvalue weighted by Gasteiger charge is -2.16. The Hall–Kier alpha value is -2.61. The normalized spacial score (nSPS) is 17.4. The highest BCUT2D eigenvalue weighted by Crippen LogP contribution is 2.22. The van der Waals surface area contributed by atoms with Crippen LogP contribution < -0.4 is 5.32 Å². The van der Waals surface area contributed by atoms with Gasteiger partial charge < -0.3 is 9.88 Å². The van der Waals surface area contributed by atoms with Crippen LogP contribution in [-0.2, 0) is 19.6 Å². The van der Waals surface area contributed by atoms with Gasteiger partial charge in [0.1, 0.15) is 0 Å². The van der Waals surface area contributed by atoms with Gasteiger partial charge in [0.05, 0.1) is 12.5 Å². The van der Waals surface area contributed by atoms with Crippen molar-refractivity contribution in [2.24, 2.45) is 0 Å². The molecule has 1 saturated heterocycles. The summed E-state index contributed by atoms with van der Waals surface area (Å²) >= 11 is 0. The zero-order valence-corrected chi connectivity index (χ0v) is 15.6. The fourth-order valence-electron chi connectivity index (χ4n) is 4.06. The van der Waals surface area contributed by atoms with Gasteiger partial charge in [-0.15, -0.1) is 0 Å². The first kappa shape index (κ1) is 17.8. The number of aromatic nitrogens is 1. The van der Waals surface area contributed by atoms with Crippen molar-refractivity contribution in [2.45, 2.75) is 38.5 Å². The quantitative estimate of drug-likeness (QED) is 0.696. The van der Waals surface area contributed by atoms with Crippen LogP contribution >= 0.6 is 0 Å². The van der Waals surface area contributed by atoms with E-state index in [1.165, 1.54) is 28.5 Å². The van der Waals surface area contributed by atoms with E-state index in [1.54, 1.807) is 0 Å². The van der Waals surface area contributed by atoms with Gasteiger partial charge in [-0.05, 0) is 23.6 Å². The highest BCUT2D eigenvalue weighted by atomic mass is 15.2. The Morgan fingerprint density at radius 2 is 1.89 bits per heavy atom. The molecule has 4 rings (SSSR count). The second kappa shape index (κ2) is 8.39. The minimum Gasteiger partial charge on any atom is -0.346 e. The summed E-state index contributed by atoms with van der Waals surface area (Å²) in [5.41, 5.74) is 3.94. The number of hydrogen-bond donors (Lipinski definition) is 1. The van der Waals surface area contributed by atoms with Gasteiger partial charge >= 0.3 is 0 Å². The third kappa shape index (κ3) is 4.21. The fraction of sp³-hybridized carbons (Fsp3) is 0.348. The molecule has 138 valence electrons. The maximum Gasteiger partial charge on any atom is 0.0640 e. The van der Waals surface area contributed by atoms with Gasteiger partial charge in [-0.3, -0.25) is 4.90 Å². The average molecular weight is 358 g/mol. The molecule has 1 aliphatic rings. The molecule has 1 aromatic heterocycles. The van der Waals surface area contributed by atoms with Gasteiger partial charge in [0.2, 0.25) is 0 Å². The predicted octanol–water partition coefficient (Wildman–Crippen LogP) is 3.92. The number of benzene rings is 2. The summed E-state index contributed by atoms with van der Waals surface area (Å²) in [5.74, 6) is 0. The summed E-state index contributed by atoms with van der Waals surface area (Å²) in [7, 11) is 0. The Morgan fingerprint density at radius 1 is 1.07 bits per heavy atom. The number of nitrogens with zero attached hydrogens (tertiary/aromatic N) is 3. The minimum absolute atomic E-state index is 0.537. The standard InChI is InChI=1S/C23H26N4/c24-12-6-13-27-17-20(22-9-4-5-10-23(22)27)15-25-21-11-14-26(18-21)16-19-7-2-1-3-8-19/h1-5,7-10,17,21,25H,6,11,13-16,18H2. The summed E-state index contributed by atoms with van der Waals surface area (Å²) in [4.78, 5) is 2.53. The molecule has 4 heteroatoms. The molecule has 3 aromatic rings. The van der Waals surface area contributed by atoms with Crippen LogP contribution in [0.2, 0.25) is 0 Å². The van der Waals surface area contributed by atoms with E-state index in [9.17, 15) is 0 Å². The first-order chi connectivity index (χ1) is 13.3. The molecule has 0 aliphatic carbocycles. The molecule has 1 fully saturated rings. The fourth-order valence-corrected chi connectivity index (χ4v) is 4.06. The van der Waals surface area contributed by atoms with Crippen molar-refractivity contribution in [1.82, 2.24) is 14.8 Å². The van der Waals surface area contributed by atoms with Gasteiger partial charge in [-0.1, -0.05) is 48.5 Å². The van der Waals surface area contributed by atoms with Crippen molar-refractivity contribution in [3.05, 3.63) is 71.9 Å². The molecule has 1 unspecified atom stereocenters.